The summed E-state index contributed by atoms with van der Waals surface area (Å²) in [6.45, 7) is 1.58. The fourth-order valence-electron chi connectivity index (χ4n) is 2.83. The van der Waals surface area contributed by atoms with Crippen LogP contribution in [0, 0.1) is 0 Å². The summed E-state index contributed by atoms with van der Waals surface area (Å²) in [4.78, 5) is 25.6. The van der Waals surface area contributed by atoms with Crippen molar-refractivity contribution in [2.45, 2.75) is 31.4 Å². The van der Waals surface area contributed by atoms with E-state index in [0.29, 0.717) is 31.6 Å². The maximum Gasteiger partial charge on any atom is 0.251 e. The quantitative estimate of drug-likeness (QED) is 0.861. The third-order valence-corrected chi connectivity index (χ3v) is 4.15. The highest BCUT2D eigenvalue weighted by atomic mass is 16.5. The number of nitrogens with zero attached hydrogens (tertiary/aromatic N) is 1. The third-order valence-electron chi connectivity index (χ3n) is 4.15. The van der Waals surface area contributed by atoms with Crippen molar-refractivity contribution in [2.75, 3.05) is 24.7 Å². The number of amides is 2. The number of ether oxygens (including phenoxy) is 1. The molecule has 6 nitrogen and oxygen atoms in total. The Hall–Kier alpha value is -1.92. The molecule has 118 valence electrons. The van der Waals surface area contributed by atoms with E-state index in [1.54, 1.807) is 29.2 Å². The zero-order valence-electron chi connectivity index (χ0n) is 12.3. The van der Waals surface area contributed by atoms with E-state index in [-0.39, 0.29) is 17.9 Å². The van der Waals surface area contributed by atoms with Crippen molar-refractivity contribution in [1.82, 2.24) is 5.32 Å². The van der Waals surface area contributed by atoms with Crippen LogP contribution in [0.1, 0.15) is 29.6 Å². The van der Waals surface area contributed by atoms with Crippen molar-refractivity contribution in [3.05, 3.63) is 29.8 Å². The molecule has 0 aliphatic carbocycles. The molecule has 2 heterocycles. The Bertz CT molecular complexity index is 558. The van der Waals surface area contributed by atoms with Gasteiger partial charge in [0.2, 0.25) is 5.91 Å². The standard InChI is InChI=1S/C16H20N2O4/c19-14-7-9-22-10-13(14)17-16(21)11-3-5-12(6-4-11)18-8-1-2-15(18)20/h3-6,13-14,19H,1-2,7-10H2,(H,17,21)/t13-,14-/m1/s1. The topological polar surface area (TPSA) is 78.9 Å². The maximum absolute atomic E-state index is 12.2. The van der Waals surface area contributed by atoms with Gasteiger partial charge in [-0.05, 0) is 37.1 Å². The molecule has 22 heavy (non-hydrogen) atoms. The summed E-state index contributed by atoms with van der Waals surface area (Å²) in [6.07, 6.45) is 1.42. The van der Waals surface area contributed by atoms with Crippen molar-refractivity contribution in [2.24, 2.45) is 0 Å². The summed E-state index contributed by atoms with van der Waals surface area (Å²) in [7, 11) is 0. The van der Waals surface area contributed by atoms with Gasteiger partial charge in [0.15, 0.2) is 0 Å². The van der Waals surface area contributed by atoms with Crippen LogP contribution >= 0.6 is 0 Å². The molecule has 0 unspecified atom stereocenters. The molecule has 0 bridgehead atoms. The van der Waals surface area contributed by atoms with E-state index in [0.717, 1.165) is 18.7 Å². The SMILES string of the molecule is O=C(N[C@@H]1COCC[C@H]1O)c1ccc(N2CCCC2=O)cc1. The minimum Gasteiger partial charge on any atom is -0.391 e. The van der Waals surface area contributed by atoms with E-state index in [2.05, 4.69) is 5.32 Å². The molecule has 2 N–H and O–H groups in total. The van der Waals surface area contributed by atoms with E-state index >= 15 is 0 Å². The van der Waals surface area contributed by atoms with E-state index in [1.807, 2.05) is 0 Å². The van der Waals surface area contributed by atoms with Crippen molar-refractivity contribution in [3.8, 4) is 0 Å². The van der Waals surface area contributed by atoms with Gasteiger partial charge in [0.05, 0.1) is 18.8 Å². The Balaban J connectivity index is 1.64. The lowest BCUT2D eigenvalue weighted by molar-refractivity contribution is -0.117. The van der Waals surface area contributed by atoms with Crippen molar-refractivity contribution in [3.63, 3.8) is 0 Å². The lowest BCUT2D eigenvalue weighted by Gasteiger charge is -2.28. The van der Waals surface area contributed by atoms with Crippen LogP contribution in [0.25, 0.3) is 0 Å². The zero-order valence-corrected chi connectivity index (χ0v) is 12.3. The van der Waals surface area contributed by atoms with Crippen LogP contribution in [-0.2, 0) is 9.53 Å². The smallest absolute Gasteiger partial charge is 0.251 e. The molecule has 2 aliphatic rings. The van der Waals surface area contributed by atoms with Gasteiger partial charge in [0.25, 0.3) is 5.91 Å². The van der Waals surface area contributed by atoms with Gasteiger partial charge >= 0.3 is 0 Å². The van der Waals surface area contributed by atoms with Crippen molar-refractivity contribution >= 4 is 17.5 Å². The Morgan fingerprint density at radius 1 is 1.32 bits per heavy atom. The predicted molar refractivity (Wildman–Crippen MR) is 80.7 cm³/mol. The first kappa shape index (κ1) is 15.0. The van der Waals surface area contributed by atoms with Gasteiger partial charge in [-0.3, -0.25) is 9.59 Å². The first-order chi connectivity index (χ1) is 10.6. The van der Waals surface area contributed by atoms with Gasteiger partial charge in [-0.2, -0.15) is 0 Å². The molecule has 2 fully saturated rings. The largest absolute Gasteiger partial charge is 0.391 e. The first-order valence-electron chi connectivity index (χ1n) is 7.62. The Kier molecular flexibility index (Phi) is 4.40. The first-order valence-corrected chi connectivity index (χ1v) is 7.62. The van der Waals surface area contributed by atoms with Gasteiger partial charge in [-0.1, -0.05) is 0 Å². The van der Waals surface area contributed by atoms with Crippen LogP contribution < -0.4 is 10.2 Å². The second-order valence-electron chi connectivity index (χ2n) is 5.71. The molecular weight excluding hydrogens is 284 g/mol. The molecule has 1 aromatic carbocycles. The number of aliphatic hydroxyl groups excluding tert-OH is 1. The van der Waals surface area contributed by atoms with Crippen molar-refractivity contribution in [1.29, 1.82) is 0 Å². The van der Waals surface area contributed by atoms with Crippen LogP contribution in [0.2, 0.25) is 0 Å². The second-order valence-corrected chi connectivity index (χ2v) is 5.71. The Morgan fingerprint density at radius 2 is 2.09 bits per heavy atom. The molecule has 1 aromatic rings. The van der Waals surface area contributed by atoms with E-state index in [4.69, 9.17) is 4.74 Å². The minimum absolute atomic E-state index is 0.125. The number of carbonyl (C=O) groups is 2. The predicted octanol–water partition coefficient (Wildman–Crippen LogP) is 0.693. The lowest BCUT2D eigenvalue weighted by Crippen LogP contribution is -2.49. The molecule has 2 aliphatic heterocycles. The van der Waals surface area contributed by atoms with Crippen LogP contribution in [0.4, 0.5) is 5.69 Å². The number of hydrogen-bond acceptors (Lipinski definition) is 4. The number of nitrogens with one attached hydrogen (secondary N) is 1. The molecule has 2 saturated heterocycles. The summed E-state index contributed by atoms with van der Waals surface area (Å²) < 4.78 is 5.27. The Morgan fingerprint density at radius 3 is 2.73 bits per heavy atom. The fourth-order valence-corrected chi connectivity index (χ4v) is 2.83. The second kappa shape index (κ2) is 6.46. The number of benzene rings is 1. The number of hydrogen-bond donors (Lipinski definition) is 2. The van der Waals surface area contributed by atoms with Crippen LogP contribution in [0.5, 0.6) is 0 Å². The van der Waals surface area contributed by atoms with Crippen molar-refractivity contribution < 1.29 is 19.4 Å². The molecule has 0 spiro atoms. The molecular formula is C16H20N2O4. The molecule has 0 aromatic heterocycles. The summed E-state index contributed by atoms with van der Waals surface area (Å²) in [5, 5.41) is 12.6. The van der Waals surface area contributed by atoms with E-state index in [9.17, 15) is 14.7 Å². The molecule has 2 amide bonds. The van der Waals surface area contributed by atoms with E-state index < -0.39 is 6.10 Å². The molecule has 6 heteroatoms. The summed E-state index contributed by atoms with van der Waals surface area (Å²) in [5.41, 5.74) is 1.33. The average molecular weight is 304 g/mol. The van der Waals surface area contributed by atoms with Gasteiger partial charge in [0, 0.05) is 30.8 Å². The molecule has 3 rings (SSSR count). The monoisotopic (exact) mass is 304 g/mol. The number of rotatable bonds is 3. The summed E-state index contributed by atoms with van der Waals surface area (Å²) in [6, 6.07) is 6.59. The third kappa shape index (κ3) is 3.13. The highest BCUT2D eigenvalue weighted by Gasteiger charge is 2.26. The van der Waals surface area contributed by atoms with Gasteiger partial charge in [-0.25, -0.2) is 0 Å². The number of aliphatic hydroxyl groups is 1. The normalized spacial score (nSPS) is 25.3. The minimum atomic E-state index is -0.570. The number of carbonyl (C=O) groups excluding carboxylic acids is 2. The highest BCUT2D eigenvalue weighted by Crippen LogP contribution is 2.21. The average Bonchev–Trinajstić information content (AvgIpc) is 2.96. The summed E-state index contributed by atoms with van der Waals surface area (Å²) >= 11 is 0. The van der Waals surface area contributed by atoms with Gasteiger partial charge in [-0.15, -0.1) is 0 Å². The van der Waals surface area contributed by atoms with Crippen LogP contribution in [-0.4, -0.2) is 48.8 Å². The lowest BCUT2D eigenvalue weighted by atomic mass is 10.1. The molecule has 0 saturated carbocycles. The highest BCUT2D eigenvalue weighted by molar-refractivity contribution is 5.97. The summed E-state index contributed by atoms with van der Waals surface area (Å²) in [5.74, 6) is -0.117. The zero-order chi connectivity index (χ0) is 15.5. The Labute approximate surface area is 129 Å². The maximum atomic E-state index is 12.2. The fraction of sp³-hybridized carbons (Fsp3) is 0.500. The van der Waals surface area contributed by atoms with Crippen LogP contribution in [0.3, 0.4) is 0 Å². The molecule has 0 radical (unpaired) electrons. The number of anilines is 1. The van der Waals surface area contributed by atoms with Gasteiger partial charge < -0.3 is 20.1 Å². The van der Waals surface area contributed by atoms with E-state index in [1.165, 1.54) is 0 Å². The van der Waals surface area contributed by atoms with Crippen LogP contribution in [0.15, 0.2) is 24.3 Å². The van der Waals surface area contributed by atoms with Gasteiger partial charge in [0.1, 0.15) is 0 Å². The molecule has 2 atom stereocenters.